The van der Waals surface area contributed by atoms with Crippen LogP contribution in [0.2, 0.25) is 0 Å². The van der Waals surface area contributed by atoms with Crippen molar-refractivity contribution in [3.8, 4) is 0 Å². The molecule has 0 amide bonds. The van der Waals surface area contributed by atoms with Gasteiger partial charge < -0.3 is 14.6 Å². The topological polar surface area (TPSA) is 41.9 Å². The van der Waals surface area contributed by atoms with Crippen molar-refractivity contribution in [3.63, 3.8) is 0 Å². The number of ether oxygens (including phenoxy) is 2. The van der Waals surface area contributed by atoms with Crippen LogP contribution in [0.15, 0.2) is 0 Å². The highest BCUT2D eigenvalue weighted by atomic mass is 19.4. The van der Waals surface area contributed by atoms with Crippen LogP contribution in [-0.4, -0.2) is 59.9 Å². The minimum Gasteiger partial charge on any atom is -0.391 e. The Labute approximate surface area is 115 Å². The summed E-state index contributed by atoms with van der Waals surface area (Å²) in [6, 6.07) is -0.594. The molecule has 0 radical (unpaired) electrons. The van der Waals surface area contributed by atoms with Gasteiger partial charge in [0.1, 0.15) is 0 Å². The summed E-state index contributed by atoms with van der Waals surface area (Å²) < 4.78 is 49.5. The average molecular weight is 295 g/mol. The normalized spacial score (nSPS) is 34.0. The number of hydrogen-bond acceptors (Lipinski definition) is 4. The van der Waals surface area contributed by atoms with Crippen LogP contribution in [-0.2, 0) is 9.47 Å². The molecule has 3 fully saturated rings. The Morgan fingerprint density at radius 1 is 1.15 bits per heavy atom. The van der Waals surface area contributed by atoms with Gasteiger partial charge in [0.15, 0.2) is 5.79 Å². The molecule has 3 rings (SSSR count). The molecule has 0 aromatic carbocycles. The van der Waals surface area contributed by atoms with E-state index in [1.807, 2.05) is 0 Å². The van der Waals surface area contributed by atoms with Crippen LogP contribution in [0.25, 0.3) is 0 Å². The summed E-state index contributed by atoms with van der Waals surface area (Å²) in [4.78, 5) is 1.41. The fraction of sp³-hybridized carbons (Fsp3) is 1.00. The van der Waals surface area contributed by atoms with Crippen LogP contribution < -0.4 is 0 Å². The van der Waals surface area contributed by atoms with Gasteiger partial charge in [-0.3, -0.25) is 4.90 Å². The Bertz CT molecular complexity index is 353. The third kappa shape index (κ3) is 3.10. The Morgan fingerprint density at radius 2 is 1.80 bits per heavy atom. The molecule has 1 aliphatic heterocycles. The number of alkyl halides is 3. The van der Waals surface area contributed by atoms with E-state index in [1.165, 1.54) is 4.90 Å². The highest BCUT2D eigenvalue weighted by Gasteiger charge is 2.50. The molecular weight excluding hydrogens is 275 g/mol. The van der Waals surface area contributed by atoms with E-state index in [-0.39, 0.29) is 6.04 Å². The second kappa shape index (κ2) is 5.12. The SMILES string of the molecule is OC1CCC2(CC1N(CC(F)(F)F)C1CC1)OCCO2. The lowest BCUT2D eigenvalue weighted by molar-refractivity contribution is -0.217. The highest BCUT2D eigenvalue weighted by Crippen LogP contribution is 2.42. The number of aliphatic hydroxyl groups is 1. The predicted octanol–water partition coefficient (Wildman–Crippen LogP) is 1.67. The summed E-state index contributed by atoms with van der Waals surface area (Å²) in [5, 5.41) is 10.1. The Balaban J connectivity index is 1.74. The molecule has 20 heavy (non-hydrogen) atoms. The zero-order valence-electron chi connectivity index (χ0n) is 11.2. The van der Waals surface area contributed by atoms with Crippen LogP contribution in [0.4, 0.5) is 13.2 Å². The quantitative estimate of drug-likeness (QED) is 0.860. The van der Waals surface area contributed by atoms with Crippen molar-refractivity contribution in [2.75, 3.05) is 19.8 Å². The maximum absolute atomic E-state index is 12.8. The number of rotatable bonds is 3. The first-order valence-corrected chi connectivity index (χ1v) is 7.17. The van der Waals surface area contributed by atoms with Crippen molar-refractivity contribution in [1.82, 2.24) is 4.90 Å². The maximum Gasteiger partial charge on any atom is 0.401 e. The monoisotopic (exact) mass is 295 g/mol. The average Bonchev–Trinajstić information content (AvgIpc) is 3.11. The minimum absolute atomic E-state index is 0.0622. The van der Waals surface area contributed by atoms with E-state index in [0.717, 1.165) is 12.8 Å². The molecule has 0 bridgehead atoms. The van der Waals surface area contributed by atoms with Gasteiger partial charge in [-0.1, -0.05) is 0 Å². The first kappa shape index (κ1) is 14.6. The summed E-state index contributed by atoms with van der Waals surface area (Å²) in [6.45, 7) is -0.00744. The van der Waals surface area contributed by atoms with Gasteiger partial charge in [-0.25, -0.2) is 0 Å². The predicted molar refractivity (Wildman–Crippen MR) is 64.1 cm³/mol. The zero-order valence-corrected chi connectivity index (χ0v) is 11.2. The molecule has 1 heterocycles. The number of aliphatic hydroxyl groups excluding tert-OH is 1. The van der Waals surface area contributed by atoms with Crippen LogP contribution in [0.5, 0.6) is 0 Å². The van der Waals surface area contributed by atoms with Crippen LogP contribution >= 0.6 is 0 Å². The molecule has 116 valence electrons. The molecule has 0 aromatic rings. The van der Waals surface area contributed by atoms with E-state index in [9.17, 15) is 18.3 Å². The Morgan fingerprint density at radius 3 is 2.35 bits per heavy atom. The third-order valence-electron chi connectivity index (χ3n) is 4.40. The molecule has 7 heteroatoms. The van der Waals surface area contributed by atoms with Gasteiger partial charge in [-0.05, 0) is 19.3 Å². The molecule has 0 aromatic heterocycles. The molecule has 2 saturated carbocycles. The zero-order chi connectivity index (χ0) is 14.4. The van der Waals surface area contributed by atoms with Gasteiger partial charge in [0, 0.05) is 24.9 Å². The summed E-state index contributed by atoms with van der Waals surface area (Å²) >= 11 is 0. The van der Waals surface area contributed by atoms with E-state index in [4.69, 9.17) is 9.47 Å². The second-order valence-electron chi connectivity index (χ2n) is 6.00. The largest absolute Gasteiger partial charge is 0.401 e. The first-order chi connectivity index (χ1) is 9.39. The van der Waals surface area contributed by atoms with Crippen molar-refractivity contribution in [2.45, 2.75) is 62.3 Å². The van der Waals surface area contributed by atoms with Gasteiger partial charge in [0.05, 0.1) is 25.9 Å². The molecular formula is C13H20F3NO3. The van der Waals surface area contributed by atoms with E-state index < -0.39 is 30.7 Å². The fourth-order valence-corrected chi connectivity index (χ4v) is 3.34. The Kier molecular flexibility index (Phi) is 3.73. The van der Waals surface area contributed by atoms with Crippen molar-refractivity contribution < 1.29 is 27.8 Å². The number of halogens is 3. The molecule has 1 saturated heterocycles. The Hall–Kier alpha value is -0.370. The third-order valence-corrected chi connectivity index (χ3v) is 4.40. The van der Waals surface area contributed by atoms with Crippen molar-refractivity contribution >= 4 is 0 Å². The van der Waals surface area contributed by atoms with Crippen molar-refractivity contribution in [2.24, 2.45) is 0 Å². The van der Waals surface area contributed by atoms with E-state index in [2.05, 4.69) is 0 Å². The van der Waals surface area contributed by atoms with Gasteiger partial charge in [-0.2, -0.15) is 13.2 Å². The van der Waals surface area contributed by atoms with Crippen LogP contribution in [0.3, 0.4) is 0 Å². The summed E-state index contributed by atoms with van der Waals surface area (Å²) in [6.07, 6.45) is -2.15. The van der Waals surface area contributed by atoms with Crippen molar-refractivity contribution in [1.29, 1.82) is 0 Å². The highest BCUT2D eigenvalue weighted by molar-refractivity contribution is 4.98. The van der Waals surface area contributed by atoms with Gasteiger partial charge in [-0.15, -0.1) is 0 Å². The van der Waals surface area contributed by atoms with Crippen LogP contribution in [0, 0.1) is 0 Å². The molecule has 1 N–H and O–H groups in total. The van der Waals surface area contributed by atoms with Gasteiger partial charge in [0.2, 0.25) is 0 Å². The molecule has 4 nitrogen and oxygen atoms in total. The molecule has 2 unspecified atom stereocenters. The van der Waals surface area contributed by atoms with E-state index >= 15 is 0 Å². The minimum atomic E-state index is -4.25. The molecule has 3 aliphatic rings. The van der Waals surface area contributed by atoms with Gasteiger partial charge in [0.25, 0.3) is 0 Å². The lowest BCUT2D eigenvalue weighted by Crippen LogP contribution is -2.56. The molecule has 2 atom stereocenters. The van der Waals surface area contributed by atoms with Crippen molar-refractivity contribution in [3.05, 3.63) is 0 Å². The van der Waals surface area contributed by atoms with E-state index in [1.54, 1.807) is 0 Å². The maximum atomic E-state index is 12.8. The second-order valence-corrected chi connectivity index (χ2v) is 6.00. The smallest absolute Gasteiger partial charge is 0.391 e. The number of nitrogens with zero attached hydrogens (tertiary/aromatic N) is 1. The summed E-state index contributed by atoms with van der Waals surface area (Å²) in [5.41, 5.74) is 0. The van der Waals surface area contributed by atoms with Gasteiger partial charge >= 0.3 is 6.18 Å². The van der Waals surface area contributed by atoms with E-state index in [0.29, 0.717) is 32.5 Å². The lowest BCUT2D eigenvalue weighted by Gasteiger charge is -2.44. The molecule has 1 spiro atoms. The fourth-order valence-electron chi connectivity index (χ4n) is 3.34. The number of hydrogen-bond donors (Lipinski definition) is 1. The molecule has 2 aliphatic carbocycles. The first-order valence-electron chi connectivity index (χ1n) is 7.17. The lowest BCUT2D eigenvalue weighted by atomic mass is 9.86. The summed E-state index contributed by atoms with van der Waals surface area (Å²) in [5.74, 6) is -0.775. The standard InChI is InChI=1S/C13H20F3NO3/c14-13(15,16)8-17(9-1-2-9)10-7-12(4-3-11(10)18)19-5-6-20-12/h9-11,18H,1-8H2. The van der Waals surface area contributed by atoms with Crippen LogP contribution in [0.1, 0.15) is 32.1 Å². The summed E-state index contributed by atoms with van der Waals surface area (Å²) in [7, 11) is 0.